The number of hydrogen-bond acceptors (Lipinski definition) is 5. The zero-order valence-corrected chi connectivity index (χ0v) is 16.8. The zero-order chi connectivity index (χ0) is 20.1. The first-order chi connectivity index (χ1) is 13.4. The third-order valence-electron chi connectivity index (χ3n) is 4.92. The summed E-state index contributed by atoms with van der Waals surface area (Å²) >= 11 is 0. The third-order valence-corrected chi connectivity index (χ3v) is 6.67. The standard InChI is InChI=1S/C20H25N3O4S/c1-2-3-12-22(17-11-13-28(26,27)15-17)20(25)18-9-10-19(24)23(21-18)14-16-7-5-4-6-8-16/h4-10,17H,2-3,11-15H2,1H3. The molecule has 1 aromatic carbocycles. The Labute approximate surface area is 164 Å². The maximum atomic E-state index is 13.1. The van der Waals surface area contributed by atoms with Gasteiger partial charge in [-0.3, -0.25) is 9.59 Å². The number of carbonyl (C=O) groups excluding carboxylic acids is 1. The third kappa shape index (κ3) is 4.86. The molecule has 3 rings (SSSR count). The van der Waals surface area contributed by atoms with Crippen molar-refractivity contribution in [1.82, 2.24) is 14.7 Å². The molecule has 0 N–H and O–H groups in total. The van der Waals surface area contributed by atoms with Crippen LogP contribution in [-0.4, -0.2) is 53.1 Å². The largest absolute Gasteiger partial charge is 0.333 e. The van der Waals surface area contributed by atoms with E-state index in [-0.39, 0.29) is 41.3 Å². The predicted molar refractivity (Wildman–Crippen MR) is 107 cm³/mol. The Balaban J connectivity index is 1.86. The van der Waals surface area contributed by atoms with Crippen molar-refractivity contribution in [3.05, 3.63) is 64.1 Å². The predicted octanol–water partition coefficient (Wildman–Crippen LogP) is 1.72. The first kappa shape index (κ1) is 20.3. The lowest BCUT2D eigenvalue weighted by Crippen LogP contribution is -2.42. The molecule has 0 radical (unpaired) electrons. The van der Waals surface area contributed by atoms with E-state index in [1.54, 1.807) is 4.90 Å². The van der Waals surface area contributed by atoms with Crippen LogP contribution in [0.25, 0.3) is 0 Å². The fraction of sp³-hybridized carbons (Fsp3) is 0.450. The smallest absolute Gasteiger partial charge is 0.274 e. The van der Waals surface area contributed by atoms with Crippen LogP contribution in [0.1, 0.15) is 42.2 Å². The van der Waals surface area contributed by atoms with Crippen LogP contribution >= 0.6 is 0 Å². The molecule has 1 atom stereocenters. The molecule has 1 aliphatic rings. The second kappa shape index (κ2) is 8.68. The number of rotatable bonds is 7. The van der Waals surface area contributed by atoms with Crippen LogP contribution in [0.2, 0.25) is 0 Å². The molecule has 28 heavy (non-hydrogen) atoms. The molecule has 2 aromatic rings. The molecule has 1 saturated heterocycles. The fourth-order valence-electron chi connectivity index (χ4n) is 3.38. The van der Waals surface area contributed by atoms with Crippen molar-refractivity contribution in [2.45, 2.75) is 38.8 Å². The lowest BCUT2D eigenvalue weighted by Gasteiger charge is -2.28. The minimum absolute atomic E-state index is 0.00783. The summed E-state index contributed by atoms with van der Waals surface area (Å²) in [7, 11) is -3.11. The number of hydrogen-bond donors (Lipinski definition) is 0. The SMILES string of the molecule is CCCCN(C(=O)c1ccc(=O)n(Cc2ccccc2)n1)C1CCS(=O)(=O)C1. The van der Waals surface area contributed by atoms with E-state index < -0.39 is 9.84 Å². The van der Waals surface area contributed by atoms with Gasteiger partial charge in [0.15, 0.2) is 9.84 Å². The summed E-state index contributed by atoms with van der Waals surface area (Å²) in [6.07, 6.45) is 2.12. The van der Waals surface area contributed by atoms with Gasteiger partial charge in [0.05, 0.1) is 18.1 Å². The molecule has 7 nitrogen and oxygen atoms in total. The van der Waals surface area contributed by atoms with Gasteiger partial charge in [0.25, 0.3) is 11.5 Å². The van der Waals surface area contributed by atoms with Gasteiger partial charge in [-0.25, -0.2) is 13.1 Å². The first-order valence-corrected chi connectivity index (χ1v) is 11.4. The number of amides is 1. The molecule has 0 spiro atoms. The summed E-state index contributed by atoms with van der Waals surface area (Å²) in [6.45, 7) is 2.77. The van der Waals surface area contributed by atoms with E-state index in [0.29, 0.717) is 13.0 Å². The van der Waals surface area contributed by atoms with Crippen LogP contribution in [0.15, 0.2) is 47.3 Å². The Morgan fingerprint density at radius 3 is 2.61 bits per heavy atom. The van der Waals surface area contributed by atoms with Crippen molar-refractivity contribution in [3.8, 4) is 0 Å². The second-order valence-corrected chi connectivity index (χ2v) is 9.34. The Hall–Kier alpha value is -2.48. The summed E-state index contributed by atoms with van der Waals surface area (Å²) < 4.78 is 25.0. The van der Waals surface area contributed by atoms with E-state index in [4.69, 9.17) is 0 Å². The Bertz CT molecular complexity index is 986. The van der Waals surface area contributed by atoms with Crippen molar-refractivity contribution in [2.75, 3.05) is 18.1 Å². The zero-order valence-electron chi connectivity index (χ0n) is 16.0. The maximum absolute atomic E-state index is 13.1. The summed E-state index contributed by atoms with van der Waals surface area (Å²) in [5, 5.41) is 4.27. The molecule has 1 aromatic heterocycles. The molecule has 1 aliphatic heterocycles. The van der Waals surface area contributed by atoms with Gasteiger partial charge >= 0.3 is 0 Å². The average molecular weight is 404 g/mol. The number of aromatic nitrogens is 2. The van der Waals surface area contributed by atoms with Crippen molar-refractivity contribution < 1.29 is 13.2 Å². The van der Waals surface area contributed by atoms with Crippen LogP contribution in [0, 0.1) is 0 Å². The van der Waals surface area contributed by atoms with Gasteiger partial charge in [-0.05, 0) is 24.5 Å². The number of benzene rings is 1. The highest BCUT2D eigenvalue weighted by molar-refractivity contribution is 7.91. The molecule has 0 aliphatic carbocycles. The van der Waals surface area contributed by atoms with E-state index in [9.17, 15) is 18.0 Å². The van der Waals surface area contributed by atoms with Gasteiger partial charge in [-0.15, -0.1) is 0 Å². The lowest BCUT2D eigenvalue weighted by molar-refractivity contribution is 0.0685. The molecule has 2 heterocycles. The summed E-state index contributed by atoms with van der Waals surface area (Å²) in [5.41, 5.74) is 0.784. The molecule has 150 valence electrons. The lowest BCUT2D eigenvalue weighted by atomic mass is 10.1. The highest BCUT2D eigenvalue weighted by Crippen LogP contribution is 2.20. The molecular weight excluding hydrogens is 378 g/mol. The van der Waals surface area contributed by atoms with E-state index in [2.05, 4.69) is 5.10 Å². The number of unbranched alkanes of at least 4 members (excludes halogenated alkanes) is 1. The Morgan fingerprint density at radius 2 is 1.96 bits per heavy atom. The van der Waals surface area contributed by atoms with Crippen LogP contribution in [0.5, 0.6) is 0 Å². The monoisotopic (exact) mass is 403 g/mol. The minimum Gasteiger partial charge on any atom is -0.333 e. The van der Waals surface area contributed by atoms with Crippen LogP contribution in [0.4, 0.5) is 0 Å². The van der Waals surface area contributed by atoms with Gasteiger partial charge in [0.1, 0.15) is 5.69 Å². The topological polar surface area (TPSA) is 89.3 Å². The highest BCUT2D eigenvalue weighted by Gasteiger charge is 2.35. The quantitative estimate of drug-likeness (QED) is 0.702. The number of nitrogens with zero attached hydrogens (tertiary/aromatic N) is 3. The first-order valence-electron chi connectivity index (χ1n) is 9.53. The van der Waals surface area contributed by atoms with Crippen LogP contribution in [-0.2, 0) is 16.4 Å². The second-order valence-electron chi connectivity index (χ2n) is 7.11. The van der Waals surface area contributed by atoms with E-state index in [0.717, 1.165) is 18.4 Å². The number of carbonyl (C=O) groups is 1. The molecule has 1 unspecified atom stereocenters. The van der Waals surface area contributed by atoms with Crippen molar-refractivity contribution >= 4 is 15.7 Å². The van der Waals surface area contributed by atoms with Crippen molar-refractivity contribution in [2.24, 2.45) is 0 Å². The Morgan fingerprint density at radius 1 is 1.21 bits per heavy atom. The summed E-state index contributed by atoms with van der Waals surface area (Å²) in [4.78, 5) is 26.9. The van der Waals surface area contributed by atoms with Gasteiger partial charge in [-0.1, -0.05) is 43.7 Å². The molecule has 0 bridgehead atoms. The Kier molecular flexibility index (Phi) is 6.28. The maximum Gasteiger partial charge on any atom is 0.274 e. The summed E-state index contributed by atoms with van der Waals surface area (Å²) in [6, 6.07) is 11.9. The van der Waals surface area contributed by atoms with E-state index in [1.165, 1.54) is 16.8 Å². The van der Waals surface area contributed by atoms with Gasteiger partial charge in [-0.2, -0.15) is 5.10 Å². The molecule has 0 saturated carbocycles. The average Bonchev–Trinajstić information content (AvgIpc) is 3.04. The van der Waals surface area contributed by atoms with Crippen molar-refractivity contribution in [1.29, 1.82) is 0 Å². The number of sulfone groups is 1. The molecule has 1 amide bonds. The van der Waals surface area contributed by atoms with Gasteiger partial charge < -0.3 is 4.90 Å². The van der Waals surface area contributed by atoms with E-state index in [1.807, 2.05) is 37.3 Å². The van der Waals surface area contributed by atoms with Crippen molar-refractivity contribution in [3.63, 3.8) is 0 Å². The normalized spacial score (nSPS) is 18.1. The van der Waals surface area contributed by atoms with Crippen LogP contribution in [0.3, 0.4) is 0 Å². The molecular formula is C20H25N3O4S. The molecule has 8 heteroatoms. The van der Waals surface area contributed by atoms with Crippen LogP contribution < -0.4 is 5.56 Å². The highest BCUT2D eigenvalue weighted by atomic mass is 32.2. The fourth-order valence-corrected chi connectivity index (χ4v) is 5.11. The minimum atomic E-state index is -3.11. The van der Waals surface area contributed by atoms with Gasteiger partial charge in [0.2, 0.25) is 0 Å². The summed E-state index contributed by atoms with van der Waals surface area (Å²) in [5.74, 6) is -0.224. The van der Waals surface area contributed by atoms with E-state index >= 15 is 0 Å². The molecule has 1 fully saturated rings. The van der Waals surface area contributed by atoms with Gasteiger partial charge in [0, 0.05) is 18.7 Å².